The summed E-state index contributed by atoms with van der Waals surface area (Å²) in [7, 11) is -3.29. The maximum absolute atomic E-state index is 14.2. The summed E-state index contributed by atoms with van der Waals surface area (Å²) in [6.45, 7) is 9.69. The molecular weight excluding hydrogens is 483 g/mol. The number of rotatable bonds is 8. The van der Waals surface area contributed by atoms with Gasteiger partial charge in [0, 0.05) is 12.4 Å². The topological polar surface area (TPSA) is 85.2 Å². The molecule has 0 bridgehead atoms. The van der Waals surface area contributed by atoms with E-state index in [1.165, 1.54) is 0 Å². The predicted molar refractivity (Wildman–Crippen MR) is 138 cm³/mol. The summed E-state index contributed by atoms with van der Waals surface area (Å²) < 4.78 is 53.5. The Bertz CT molecular complexity index is 1320. The van der Waals surface area contributed by atoms with Crippen molar-refractivity contribution in [2.45, 2.75) is 64.6 Å². The fourth-order valence-corrected chi connectivity index (χ4v) is 4.77. The Labute approximate surface area is 212 Å². The van der Waals surface area contributed by atoms with Gasteiger partial charge in [0.25, 0.3) is 0 Å². The van der Waals surface area contributed by atoms with Gasteiger partial charge in [-0.25, -0.2) is 27.4 Å². The first-order valence-corrected chi connectivity index (χ1v) is 13.8. The molecular formula is C26H35FN4O4S. The quantitative estimate of drug-likeness (QED) is 0.479. The number of imidazole rings is 1. The molecule has 4 rings (SSSR count). The molecule has 196 valence electrons. The van der Waals surface area contributed by atoms with Crippen LogP contribution in [-0.2, 0) is 26.0 Å². The number of nitrogens with zero attached hydrogens (tertiary/aromatic N) is 3. The van der Waals surface area contributed by atoms with Crippen molar-refractivity contribution in [3.8, 4) is 11.1 Å². The first kappa shape index (κ1) is 26.7. The van der Waals surface area contributed by atoms with E-state index in [1.807, 2.05) is 86.5 Å². The third kappa shape index (κ3) is 6.12. The monoisotopic (exact) mass is 518 g/mol. The minimum absolute atomic E-state index is 0.135. The lowest BCUT2D eigenvalue weighted by Crippen LogP contribution is -2.47. The minimum atomic E-state index is -3.29. The van der Waals surface area contributed by atoms with Gasteiger partial charge < -0.3 is 13.9 Å². The van der Waals surface area contributed by atoms with Gasteiger partial charge in [-0.05, 0) is 63.4 Å². The van der Waals surface area contributed by atoms with Gasteiger partial charge in [-0.3, -0.25) is 0 Å². The highest BCUT2D eigenvalue weighted by Crippen LogP contribution is 2.41. The molecule has 2 unspecified atom stereocenters. The van der Waals surface area contributed by atoms with Crippen LogP contribution in [0.5, 0.6) is 0 Å². The highest BCUT2D eigenvalue weighted by Gasteiger charge is 2.48. The Morgan fingerprint density at radius 3 is 2.47 bits per heavy atom. The van der Waals surface area contributed by atoms with Crippen molar-refractivity contribution >= 4 is 15.7 Å². The third-order valence-electron chi connectivity index (χ3n) is 6.25. The predicted octanol–water partition coefficient (Wildman–Crippen LogP) is 4.27. The van der Waals surface area contributed by atoms with E-state index in [4.69, 9.17) is 9.47 Å². The number of nitrogens with one attached hydrogen (secondary N) is 1. The number of pyridine rings is 1. The molecule has 0 saturated carbocycles. The van der Waals surface area contributed by atoms with Crippen LogP contribution in [0, 0.1) is 0 Å². The van der Waals surface area contributed by atoms with Crippen molar-refractivity contribution in [2.75, 3.05) is 19.7 Å². The number of sulfonamides is 1. The van der Waals surface area contributed by atoms with Crippen LogP contribution in [0.15, 0.2) is 48.8 Å². The summed E-state index contributed by atoms with van der Waals surface area (Å²) in [5, 5.41) is 0. The van der Waals surface area contributed by atoms with Crippen LogP contribution in [0.25, 0.3) is 16.8 Å². The van der Waals surface area contributed by atoms with Crippen molar-refractivity contribution in [1.29, 1.82) is 0 Å². The second kappa shape index (κ2) is 9.83. The molecule has 3 heterocycles. The van der Waals surface area contributed by atoms with Gasteiger partial charge in [0.15, 0.2) is 0 Å². The largest absolute Gasteiger partial charge is 0.360 e. The minimum Gasteiger partial charge on any atom is -0.360 e. The fourth-order valence-electron chi connectivity index (χ4n) is 4.36. The molecule has 1 aliphatic heterocycles. The zero-order valence-electron chi connectivity index (χ0n) is 21.7. The average Bonchev–Trinajstić information content (AvgIpc) is 3.31. The van der Waals surface area contributed by atoms with Gasteiger partial charge in [0.2, 0.25) is 10.0 Å². The molecule has 0 spiro atoms. The van der Waals surface area contributed by atoms with Crippen molar-refractivity contribution in [3.63, 3.8) is 0 Å². The SMILES string of the molecule is CC(C)(C)OCN1C(CF)C(c2ccc(-c3ccn4cc(CNS(C)(=O)=O)nc4c3)cc2)OC1(C)C. The fraction of sp³-hybridized carbons (Fsp3) is 0.500. The Morgan fingerprint density at radius 1 is 1.17 bits per heavy atom. The van der Waals surface area contributed by atoms with Crippen molar-refractivity contribution < 1.29 is 22.3 Å². The molecule has 0 radical (unpaired) electrons. The van der Waals surface area contributed by atoms with E-state index < -0.39 is 34.6 Å². The van der Waals surface area contributed by atoms with Gasteiger partial charge in [-0.15, -0.1) is 0 Å². The van der Waals surface area contributed by atoms with Crippen LogP contribution in [0.1, 0.15) is 52.0 Å². The van der Waals surface area contributed by atoms with Gasteiger partial charge in [-0.1, -0.05) is 24.3 Å². The molecule has 1 N–H and O–H groups in total. The number of benzene rings is 1. The van der Waals surface area contributed by atoms with Gasteiger partial charge in [0.05, 0.1) is 30.1 Å². The van der Waals surface area contributed by atoms with Crippen LogP contribution in [0.3, 0.4) is 0 Å². The normalized spacial score (nSPS) is 20.9. The van der Waals surface area contributed by atoms with E-state index in [9.17, 15) is 12.8 Å². The third-order valence-corrected chi connectivity index (χ3v) is 6.92. The Morgan fingerprint density at radius 2 is 1.86 bits per heavy atom. The molecule has 1 aromatic carbocycles. The standard InChI is InChI=1S/C26H35FN4O4S/c1-25(2,3)34-17-31-22(14-27)24(35-26(31,4)5)19-9-7-18(8-10-19)20-11-12-30-16-21(29-23(30)13-20)15-28-36(6,32)33/h7-13,16,22,24,28H,14-15,17H2,1-6H3. The summed E-state index contributed by atoms with van der Waals surface area (Å²) in [4.78, 5) is 6.46. The second-order valence-electron chi connectivity index (χ2n) is 10.7. The van der Waals surface area contributed by atoms with Gasteiger partial charge >= 0.3 is 0 Å². The molecule has 0 aliphatic carbocycles. The smallest absolute Gasteiger partial charge is 0.209 e. The van der Waals surface area contributed by atoms with Crippen LogP contribution >= 0.6 is 0 Å². The highest BCUT2D eigenvalue weighted by molar-refractivity contribution is 7.88. The summed E-state index contributed by atoms with van der Waals surface area (Å²) in [6.07, 6.45) is 4.40. The molecule has 36 heavy (non-hydrogen) atoms. The highest BCUT2D eigenvalue weighted by atomic mass is 32.2. The Kier molecular flexibility index (Phi) is 7.29. The summed E-state index contributed by atoms with van der Waals surface area (Å²) in [5.74, 6) is 0. The second-order valence-corrected chi connectivity index (χ2v) is 12.5. The summed E-state index contributed by atoms with van der Waals surface area (Å²) >= 11 is 0. The number of halogens is 1. The van der Waals surface area contributed by atoms with Crippen LogP contribution in [0.2, 0.25) is 0 Å². The van der Waals surface area contributed by atoms with Crippen LogP contribution in [-0.4, -0.2) is 59.7 Å². The lowest BCUT2D eigenvalue weighted by atomic mass is 9.99. The number of hydrogen-bond acceptors (Lipinski definition) is 6. The lowest BCUT2D eigenvalue weighted by molar-refractivity contribution is -0.141. The first-order chi connectivity index (χ1) is 16.8. The van der Waals surface area contributed by atoms with E-state index in [-0.39, 0.29) is 18.9 Å². The van der Waals surface area contributed by atoms with E-state index in [2.05, 4.69) is 9.71 Å². The molecule has 1 aliphatic rings. The molecule has 1 fully saturated rings. The molecule has 2 atom stereocenters. The zero-order chi connectivity index (χ0) is 26.3. The molecule has 3 aromatic rings. The van der Waals surface area contributed by atoms with E-state index in [1.54, 1.807) is 6.20 Å². The van der Waals surface area contributed by atoms with Crippen molar-refractivity contribution in [1.82, 2.24) is 19.0 Å². The van der Waals surface area contributed by atoms with Crippen molar-refractivity contribution in [2.24, 2.45) is 0 Å². The Balaban J connectivity index is 1.53. The zero-order valence-corrected chi connectivity index (χ0v) is 22.5. The average molecular weight is 519 g/mol. The number of aromatic nitrogens is 2. The maximum Gasteiger partial charge on any atom is 0.209 e. The van der Waals surface area contributed by atoms with E-state index in [0.29, 0.717) is 5.69 Å². The summed E-state index contributed by atoms with van der Waals surface area (Å²) in [6, 6.07) is 11.4. The Hall–Kier alpha value is -2.37. The number of ether oxygens (including phenoxy) is 2. The molecule has 1 saturated heterocycles. The van der Waals surface area contributed by atoms with Crippen molar-refractivity contribution in [3.05, 3.63) is 60.0 Å². The molecule has 0 amide bonds. The number of hydrogen-bond donors (Lipinski definition) is 1. The van der Waals surface area contributed by atoms with Crippen LogP contribution in [0.4, 0.5) is 4.39 Å². The van der Waals surface area contributed by atoms with E-state index >= 15 is 0 Å². The lowest BCUT2D eigenvalue weighted by Gasteiger charge is -2.34. The summed E-state index contributed by atoms with van der Waals surface area (Å²) in [5.41, 5.74) is 3.21. The molecule has 2 aromatic heterocycles. The number of fused-ring (bicyclic) bond motifs is 1. The maximum atomic E-state index is 14.2. The molecule has 8 nitrogen and oxygen atoms in total. The van der Waals surface area contributed by atoms with Gasteiger partial charge in [0.1, 0.15) is 30.9 Å². The van der Waals surface area contributed by atoms with Crippen LogP contribution < -0.4 is 4.72 Å². The number of alkyl halides is 1. The van der Waals surface area contributed by atoms with E-state index in [0.717, 1.165) is 28.6 Å². The molecule has 10 heteroatoms. The van der Waals surface area contributed by atoms with Gasteiger partial charge in [-0.2, -0.15) is 0 Å². The first-order valence-electron chi connectivity index (χ1n) is 11.9.